The van der Waals surface area contributed by atoms with Crippen molar-refractivity contribution in [1.29, 1.82) is 0 Å². The average Bonchev–Trinajstić information content (AvgIpc) is 3.41. The Kier molecular flexibility index (Phi) is 3.75. The third-order valence-electron chi connectivity index (χ3n) is 5.54. The van der Waals surface area contributed by atoms with E-state index in [9.17, 15) is 9.59 Å². The average molecular weight is 322 g/mol. The molecule has 1 heterocycles. The molecule has 2 aromatic rings. The normalized spacial score (nSPS) is 24.1. The van der Waals surface area contributed by atoms with Crippen molar-refractivity contribution < 1.29 is 9.59 Å². The molecule has 4 heteroatoms. The SMILES string of the molecule is NC(=O)C1CCN(C(=O)[C@H]2C[C@@H]2c2cccc3ccccc23)CC1. The number of benzene rings is 2. The molecule has 1 aliphatic carbocycles. The first-order chi connectivity index (χ1) is 11.6. The Balaban J connectivity index is 1.46. The van der Waals surface area contributed by atoms with Crippen LogP contribution in [0.2, 0.25) is 0 Å². The van der Waals surface area contributed by atoms with Crippen LogP contribution in [0.1, 0.15) is 30.7 Å². The largest absolute Gasteiger partial charge is 0.369 e. The summed E-state index contributed by atoms with van der Waals surface area (Å²) in [5, 5.41) is 2.49. The van der Waals surface area contributed by atoms with Gasteiger partial charge in [0.15, 0.2) is 0 Å². The molecule has 4 rings (SSSR count). The predicted molar refractivity (Wildman–Crippen MR) is 93.3 cm³/mol. The zero-order valence-corrected chi connectivity index (χ0v) is 13.7. The highest BCUT2D eigenvalue weighted by Crippen LogP contribution is 2.50. The molecule has 124 valence electrons. The van der Waals surface area contributed by atoms with E-state index in [1.165, 1.54) is 16.3 Å². The number of carbonyl (C=O) groups is 2. The van der Waals surface area contributed by atoms with Crippen molar-refractivity contribution in [3.63, 3.8) is 0 Å². The molecule has 2 aromatic carbocycles. The molecule has 2 N–H and O–H groups in total. The molecule has 24 heavy (non-hydrogen) atoms. The number of primary amides is 1. The molecule has 0 aromatic heterocycles. The summed E-state index contributed by atoms with van der Waals surface area (Å²) in [5.74, 6) is 0.374. The van der Waals surface area contributed by atoms with Gasteiger partial charge in [0.2, 0.25) is 11.8 Å². The molecule has 1 aliphatic heterocycles. The van der Waals surface area contributed by atoms with Gasteiger partial charge in [0, 0.05) is 24.9 Å². The lowest BCUT2D eigenvalue weighted by atomic mass is 9.95. The summed E-state index contributed by atoms with van der Waals surface area (Å²) in [5.41, 5.74) is 6.66. The van der Waals surface area contributed by atoms with Gasteiger partial charge in [-0.05, 0) is 41.5 Å². The van der Waals surface area contributed by atoms with Crippen molar-refractivity contribution in [2.75, 3.05) is 13.1 Å². The van der Waals surface area contributed by atoms with Gasteiger partial charge in [-0.25, -0.2) is 0 Å². The Bertz CT molecular complexity index is 788. The van der Waals surface area contributed by atoms with E-state index in [0.29, 0.717) is 31.8 Å². The smallest absolute Gasteiger partial charge is 0.226 e. The Hall–Kier alpha value is -2.36. The van der Waals surface area contributed by atoms with E-state index in [-0.39, 0.29) is 23.7 Å². The number of nitrogens with zero attached hydrogens (tertiary/aromatic N) is 1. The zero-order chi connectivity index (χ0) is 16.7. The molecular formula is C20H22N2O2. The summed E-state index contributed by atoms with van der Waals surface area (Å²) in [4.78, 5) is 25.9. The molecule has 2 fully saturated rings. The van der Waals surface area contributed by atoms with E-state index in [0.717, 1.165) is 6.42 Å². The summed E-state index contributed by atoms with van der Waals surface area (Å²) >= 11 is 0. The number of piperidine rings is 1. The topological polar surface area (TPSA) is 63.4 Å². The summed E-state index contributed by atoms with van der Waals surface area (Å²) in [6.45, 7) is 1.32. The third-order valence-corrected chi connectivity index (χ3v) is 5.54. The fourth-order valence-corrected chi connectivity index (χ4v) is 4.00. The van der Waals surface area contributed by atoms with Crippen LogP contribution in [0.4, 0.5) is 0 Å². The molecule has 0 unspecified atom stereocenters. The lowest BCUT2D eigenvalue weighted by molar-refractivity contribution is -0.136. The quantitative estimate of drug-likeness (QED) is 0.944. The fourth-order valence-electron chi connectivity index (χ4n) is 4.00. The van der Waals surface area contributed by atoms with Gasteiger partial charge < -0.3 is 10.6 Å². The van der Waals surface area contributed by atoms with Crippen molar-refractivity contribution in [2.24, 2.45) is 17.6 Å². The molecule has 0 radical (unpaired) electrons. The van der Waals surface area contributed by atoms with Crippen LogP contribution < -0.4 is 5.73 Å². The van der Waals surface area contributed by atoms with Gasteiger partial charge in [0.05, 0.1) is 0 Å². The van der Waals surface area contributed by atoms with Crippen LogP contribution in [0.25, 0.3) is 10.8 Å². The van der Waals surface area contributed by atoms with Crippen LogP contribution in [0, 0.1) is 11.8 Å². The van der Waals surface area contributed by atoms with Crippen LogP contribution in [-0.2, 0) is 9.59 Å². The van der Waals surface area contributed by atoms with Crippen molar-refractivity contribution in [2.45, 2.75) is 25.2 Å². The number of hydrogen-bond donors (Lipinski definition) is 1. The molecule has 1 saturated carbocycles. The van der Waals surface area contributed by atoms with Crippen molar-refractivity contribution in [1.82, 2.24) is 4.90 Å². The van der Waals surface area contributed by atoms with Crippen LogP contribution in [0.15, 0.2) is 42.5 Å². The number of nitrogens with two attached hydrogens (primary N) is 1. The number of carbonyl (C=O) groups excluding carboxylic acids is 2. The second-order valence-corrected chi connectivity index (χ2v) is 7.02. The van der Waals surface area contributed by atoms with E-state index >= 15 is 0 Å². The molecule has 4 nitrogen and oxygen atoms in total. The first kappa shape index (κ1) is 15.2. The fraction of sp³-hybridized carbons (Fsp3) is 0.400. The van der Waals surface area contributed by atoms with E-state index in [2.05, 4.69) is 36.4 Å². The predicted octanol–water partition coefficient (Wildman–Crippen LogP) is 2.67. The lowest BCUT2D eigenvalue weighted by Crippen LogP contribution is -2.42. The molecule has 2 aliphatic rings. The van der Waals surface area contributed by atoms with Crippen molar-refractivity contribution in [3.8, 4) is 0 Å². The van der Waals surface area contributed by atoms with Crippen molar-refractivity contribution >= 4 is 22.6 Å². The maximum Gasteiger partial charge on any atom is 0.226 e. The van der Waals surface area contributed by atoms with Gasteiger partial charge in [0.25, 0.3) is 0 Å². The number of fused-ring (bicyclic) bond motifs is 1. The van der Waals surface area contributed by atoms with Crippen LogP contribution in [-0.4, -0.2) is 29.8 Å². The Morgan fingerprint density at radius 3 is 2.46 bits per heavy atom. The summed E-state index contributed by atoms with van der Waals surface area (Å²) in [6, 6.07) is 14.7. The van der Waals surface area contributed by atoms with Crippen LogP contribution >= 0.6 is 0 Å². The van der Waals surface area contributed by atoms with Gasteiger partial charge in [-0.1, -0.05) is 42.5 Å². The second kappa shape index (κ2) is 5.93. The monoisotopic (exact) mass is 322 g/mol. The summed E-state index contributed by atoms with van der Waals surface area (Å²) < 4.78 is 0. The Morgan fingerprint density at radius 1 is 1.00 bits per heavy atom. The maximum absolute atomic E-state index is 12.8. The van der Waals surface area contributed by atoms with E-state index < -0.39 is 0 Å². The Morgan fingerprint density at radius 2 is 1.71 bits per heavy atom. The van der Waals surface area contributed by atoms with E-state index in [4.69, 9.17) is 5.73 Å². The van der Waals surface area contributed by atoms with Gasteiger partial charge in [-0.3, -0.25) is 9.59 Å². The van der Waals surface area contributed by atoms with E-state index in [1.54, 1.807) is 0 Å². The van der Waals surface area contributed by atoms with Gasteiger partial charge in [0.1, 0.15) is 0 Å². The minimum Gasteiger partial charge on any atom is -0.369 e. The van der Waals surface area contributed by atoms with Crippen LogP contribution in [0.5, 0.6) is 0 Å². The molecule has 2 atom stereocenters. The highest BCUT2D eigenvalue weighted by Gasteiger charge is 2.46. The molecule has 1 saturated heterocycles. The van der Waals surface area contributed by atoms with E-state index in [1.807, 2.05) is 11.0 Å². The number of rotatable bonds is 3. The first-order valence-electron chi connectivity index (χ1n) is 8.71. The standard InChI is InChI=1S/C20H22N2O2/c21-19(23)14-8-10-22(11-9-14)20(24)18-12-17(18)16-7-3-5-13-4-1-2-6-15(13)16/h1-7,14,17-18H,8-12H2,(H2,21,23)/t17-,18+/m1/s1. The first-order valence-corrected chi connectivity index (χ1v) is 8.71. The molecule has 0 spiro atoms. The Labute approximate surface area is 141 Å². The highest BCUT2D eigenvalue weighted by molar-refractivity contribution is 5.89. The molecular weight excluding hydrogens is 300 g/mol. The number of hydrogen-bond acceptors (Lipinski definition) is 2. The lowest BCUT2D eigenvalue weighted by Gasteiger charge is -2.30. The zero-order valence-electron chi connectivity index (χ0n) is 13.7. The minimum absolute atomic E-state index is 0.0675. The highest BCUT2D eigenvalue weighted by atomic mass is 16.2. The van der Waals surface area contributed by atoms with Crippen molar-refractivity contribution in [3.05, 3.63) is 48.0 Å². The summed E-state index contributed by atoms with van der Waals surface area (Å²) in [7, 11) is 0. The van der Waals surface area contributed by atoms with Gasteiger partial charge in [-0.15, -0.1) is 0 Å². The maximum atomic E-state index is 12.8. The van der Waals surface area contributed by atoms with Gasteiger partial charge >= 0.3 is 0 Å². The van der Waals surface area contributed by atoms with Crippen LogP contribution in [0.3, 0.4) is 0 Å². The minimum atomic E-state index is -0.234. The second-order valence-electron chi connectivity index (χ2n) is 7.02. The number of amides is 2. The molecule has 0 bridgehead atoms. The molecule has 2 amide bonds. The number of likely N-dealkylation sites (tertiary alicyclic amines) is 1. The third kappa shape index (κ3) is 2.66. The summed E-state index contributed by atoms with van der Waals surface area (Å²) in [6.07, 6.45) is 2.34. The van der Waals surface area contributed by atoms with Gasteiger partial charge in [-0.2, -0.15) is 0 Å².